The summed E-state index contributed by atoms with van der Waals surface area (Å²) in [5.74, 6) is -0.787. The molecular weight excluding hydrogens is 430 g/mol. The fourth-order valence-electron chi connectivity index (χ4n) is 3.53. The third-order valence-corrected chi connectivity index (χ3v) is 5.30. The molecule has 0 aliphatic carbocycles. The monoisotopic (exact) mass is 473 g/mol. The number of nitrogens with zero attached hydrogens (tertiary/aromatic N) is 1. The Kier molecular flexibility index (Phi) is 10.3. The van der Waals surface area contributed by atoms with Crippen LogP contribution in [-0.4, -0.2) is 46.5 Å². The highest BCUT2D eigenvalue weighted by Gasteiger charge is 2.38. The zero-order valence-electron chi connectivity index (χ0n) is 22.3. The van der Waals surface area contributed by atoms with Gasteiger partial charge in [0, 0.05) is 12.1 Å². The van der Waals surface area contributed by atoms with Crippen LogP contribution in [0, 0.1) is 5.92 Å². The minimum Gasteiger partial charge on any atom is -0.444 e. The molecule has 0 aliphatic rings. The van der Waals surface area contributed by atoms with E-state index in [0.29, 0.717) is 12.0 Å². The van der Waals surface area contributed by atoms with Crippen molar-refractivity contribution in [1.29, 1.82) is 0 Å². The Morgan fingerprint density at radius 2 is 1.74 bits per heavy atom. The zero-order valence-corrected chi connectivity index (χ0v) is 22.3. The fourth-order valence-corrected chi connectivity index (χ4v) is 3.53. The zero-order chi connectivity index (χ0) is 26.3. The van der Waals surface area contributed by atoms with Crippen LogP contribution in [0.5, 0.6) is 0 Å². The van der Waals surface area contributed by atoms with E-state index in [4.69, 9.17) is 4.74 Å². The normalized spacial score (nSPS) is 14.4. The van der Waals surface area contributed by atoms with E-state index in [1.807, 2.05) is 65.8 Å². The van der Waals surface area contributed by atoms with Gasteiger partial charge in [0.15, 0.2) is 0 Å². The molecule has 0 aromatic heterocycles. The summed E-state index contributed by atoms with van der Waals surface area (Å²) in [6, 6.07) is 5.70. The van der Waals surface area contributed by atoms with E-state index in [9.17, 15) is 14.4 Å². The topological polar surface area (TPSA) is 87.7 Å². The molecule has 0 saturated heterocycles. The van der Waals surface area contributed by atoms with Crippen molar-refractivity contribution in [3.8, 4) is 0 Å². The smallest absolute Gasteiger partial charge is 0.408 e. The Morgan fingerprint density at radius 3 is 2.21 bits per heavy atom. The number of carbonyl (C=O) groups is 3. The van der Waals surface area contributed by atoms with Crippen molar-refractivity contribution in [2.45, 2.75) is 92.0 Å². The number of likely N-dealkylation sites (N-methyl/N-ethyl adjacent to an activating group) is 1. The first-order chi connectivity index (χ1) is 15.6. The molecule has 3 atom stereocenters. The fraction of sp³-hybridized carbons (Fsp3) is 0.593. The lowest BCUT2D eigenvalue weighted by molar-refractivity contribution is -0.143. The van der Waals surface area contributed by atoms with E-state index in [1.165, 1.54) is 4.90 Å². The summed E-state index contributed by atoms with van der Waals surface area (Å²) in [5, 5.41) is 5.76. The molecule has 0 fully saturated rings. The molecule has 7 nitrogen and oxygen atoms in total. The Bertz CT molecular complexity index is 867. The second-order valence-electron chi connectivity index (χ2n) is 10.6. The van der Waals surface area contributed by atoms with Gasteiger partial charge in [-0.15, -0.1) is 0 Å². The maximum Gasteiger partial charge on any atom is 0.408 e. The quantitative estimate of drug-likeness (QED) is 0.524. The van der Waals surface area contributed by atoms with Gasteiger partial charge in [0.1, 0.15) is 17.7 Å². The molecule has 0 heterocycles. The van der Waals surface area contributed by atoms with Crippen LogP contribution >= 0.6 is 0 Å². The highest BCUT2D eigenvalue weighted by Crippen LogP contribution is 2.26. The maximum absolute atomic E-state index is 13.9. The van der Waals surface area contributed by atoms with Gasteiger partial charge < -0.3 is 20.3 Å². The van der Waals surface area contributed by atoms with Gasteiger partial charge in [-0.1, -0.05) is 51.1 Å². The van der Waals surface area contributed by atoms with Crippen LogP contribution in [0.15, 0.2) is 30.8 Å². The van der Waals surface area contributed by atoms with Crippen molar-refractivity contribution in [3.05, 3.63) is 42.0 Å². The van der Waals surface area contributed by atoms with Gasteiger partial charge in [-0.2, -0.15) is 0 Å². The van der Waals surface area contributed by atoms with Crippen LogP contribution in [0.4, 0.5) is 4.79 Å². The molecule has 7 heteroatoms. The van der Waals surface area contributed by atoms with Gasteiger partial charge in [0.2, 0.25) is 11.8 Å². The van der Waals surface area contributed by atoms with Crippen LogP contribution in [0.25, 0.3) is 6.08 Å². The molecule has 3 unspecified atom stereocenters. The van der Waals surface area contributed by atoms with Crippen molar-refractivity contribution in [2.75, 3.05) is 6.54 Å². The second-order valence-corrected chi connectivity index (χ2v) is 10.6. The lowest BCUT2D eigenvalue weighted by Crippen LogP contribution is -2.56. The van der Waals surface area contributed by atoms with Crippen molar-refractivity contribution in [3.63, 3.8) is 0 Å². The Hall–Kier alpha value is -2.83. The standard InChI is InChI=1S/C27H43N3O4/c1-11-18(4)21(28-25(33)34-27(8,9)10)24(32)30(13-3)22(23(31)29-26(5,6)7)20-16-14-15-19(12-2)17-20/h12,14-18,21-22H,2,11,13H2,1,3-10H3,(H,28,33)(H,29,31). The number of rotatable bonds is 9. The largest absolute Gasteiger partial charge is 0.444 e. The molecule has 0 radical (unpaired) electrons. The Balaban J connectivity index is 3.47. The van der Waals surface area contributed by atoms with Crippen molar-refractivity contribution in [1.82, 2.24) is 15.5 Å². The third-order valence-electron chi connectivity index (χ3n) is 5.30. The van der Waals surface area contributed by atoms with E-state index in [0.717, 1.165) is 5.56 Å². The third kappa shape index (κ3) is 8.84. The van der Waals surface area contributed by atoms with Crippen LogP contribution in [0.1, 0.15) is 85.9 Å². The van der Waals surface area contributed by atoms with E-state index >= 15 is 0 Å². The van der Waals surface area contributed by atoms with E-state index in [1.54, 1.807) is 26.8 Å². The summed E-state index contributed by atoms with van der Waals surface area (Å²) in [4.78, 5) is 41.4. The summed E-state index contributed by atoms with van der Waals surface area (Å²) in [7, 11) is 0. The first kappa shape index (κ1) is 29.2. The van der Waals surface area contributed by atoms with E-state index < -0.39 is 29.3 Å². The number of nitrogens with one attached hydrogen (secondary N) is 2. The molecule has 0 saturated carbocycles. The summed E-state index contributed by atoms with van der Waals surface area (Å²) >= 11 is 0. The lowest BCUT2D eigenvalue weighted by atomic mass is 9.95. The summed E-state index contributed by atoms with van der Waals surface area (Å²) in [6.07, 6.45) is 1.70. The number of hydrogen-bond acceptors (Lipinski definition) is 4. The predicted molar refractivity (Wildman–Crippen MR) is 137 cm³/mol. The molecule has 34 heavy (non-hydrogen) atoms. The van der Waals surface area contributed by atoms with E-state index in [-0.39, 0.29) is 24.3 Å². The minimum absolute atomic E-state index is 0.167. The molecular formula is C27H43N3O4. The predicted octanol–water partition coefficient (Wildman–Crippen LogP) is 5.07. The average molecular weight is 474 g/mol. The van der Waals surface area contributed by atoms with Gasteiger partial charge in [-0.25, -0.2) is 4.79 Å². The number of ether oxygens (including phenoxy) is 1. The average Bonchev–Trinajstić information content (AvgIpc) is 2.72. The van der Waals surface area contributed by atoms with Gasteiger partial charge in [-0.3, -0.25) is 9.59 Å². The first-order valence-electron chi connectivity index (χ1n) is 12.0. The highest BCUT2D eigenvalue weighted by molar-refractivity contribution is 5.92. The Labute approximate surface area is 205 Å². The number of carbonyl (C=O) groups excluding carboxylic acids is 3. The minimum atomic E-state index is -0.872. The lowest BCUT2D eigenvalue weighted by Gasteiger charge is -2.36. The van der Waals surface area contributed by atoms with Gasteiger partial charge in [-0.05, 0) is 71.6 Å². The molecule has 1 aromatic carbocycles. The molecule has 0 bridgehead atoms. The van der Waals surface area contributed by atoms with Crippen molar-refractivity contribution in [2.24, 2.45) is 5.92 Å². The number of amides is 3. The number of benzene rings is 1. The first-order valence-corrected chi connectivity index (χ1v) is 12.0. The van der Waals surface area contributed by atoms with Gasteiger partial charge in [0.05, 0.1) is 0 Å². The molecule has 0 aliphatic heterocycles. The molecule has 190 valence electrons. The van der Waals surface area contributed by atoms with Gasteiger partial charge >= 0.3 is 6.09 Å². The highest BCUT2D eigenvalue weighted by atomic mass is 16.6. The summed E-state index contributed by atoms with van der Waals surface area (Å²) in [6.45, 7) is 20.8. The van der Waals surface area contributed by atoms with Gasteiger partial charge in [0.25, 0.3) is 0 Å². The SMILES string of the molecule is C=Cc1cccc(C(C(=O)NC(C)(C)C)N(CC)C(=O)C(NC(=O)OC(C)(C)C)C(C)CC)c1. The summed E-state index contributed by atoms with van der Waals surface area (Å²) in [5.41, 5.74) is 0.339. The van der Waals surface area contributed by atoms with Crippen LogP contribution < -0.4 is 10.6 Å². The van der Waals surface area contributed by atoms with Crippen LogP contribution in [-0.2, 0) is 14.3 Å². The molecule has 3 amide bonds. The van der Waals surface area contributed by atoms with Crippen LogP contribution in [0.2, 0.25) is 0 Å². The molecule has 1 rings (SSSR count). The van der Waals surface area contributed by atoms with Crippen LogP contribution in [0.3, 0.4) is 0 Å². The molecule has 1 aromatic rings. The Morgan fingerprint density at radius 1 is 1.12 bits per heavy atom. The summed E-state index contributed by atoms with van der Waals surface area (Å²) < 4.78 is 5.40. The molecule has 2 N–H and O–H groups in total. The number of alkyl carbamates (subject to hydrolysis) is 1. The van der Waals surface area contributed by atoms with E-state index in [2.05, 4.69) is 17.2 Å². The maximum atomic E-state index is 13.9. The van der Waals surface area contributed by atoms with Crippen molar-refractivity contribution >= 4 is 24.0 Å². The second kappa shape index (κ2) is 12.0. The molecule has 0 spiro atoms. The number of hydrogen-bond donors (Lipinski definition) is 2. The van der Waals surface area contributed by atoms with Crippen molar-refractivity contribution < 1.29 is 19.1 Å².